The Labute approximate surface area is 193 Å². The zero-order valence-electron chi connectivity index (χ0n) is 15.1. The van der Waals surface area contributed by atoms with Gasteiger partial charge in [0, 0.05) is 0 Å². The molecule has 3 aromatic rings. The molecule has 0 aliphatic carbocycles. The van der Waals surface area contributed by atoms with Gasteiger partial charge in [-0.2, -0.15) is 0 Å². The fraction of sp³-hybridized carbons (Fsp3) is 0. The smallest absolute Gasteiger partial charge is 0.271 e. The van der Waals surface area contributed by atoms with Crippen LogP contribution in [0.1, 0.15) is 0 Å². The highest BCUT2D eigenvalue weighted by Crippen LogP contribution is 2.35. The number of hydrogen-bond acceptors (Lipinski definition) is 7. The van der Waals surface area contributed by atoms with Crippen LogP contribution in [-0.2, 0) is 30.1 Å². The Balaban J connectivity index is 2.04. The van der Waals surface area contributed by atoms with Crippen molar-refractivity contribution in [3.63, 3.8) is 0 Å². The molecule has 0 unspecified atom stereocenters. The zero-order chi connectivity index (χ0) is 23.0. The molecule has 0 bridgehead atoms. The van der Waals surface area contributed by atoms with E-state index < -0.39 is 39.9 Å². The van der Waals surface area contributed by atoms with Gasteiger partial charge in [-0.15, -0.1) is 11.3 Å². The minimum atomic E-state index is -4.36. The van der Waals surface area contributed by atoms with Crippen molar-refractivity contribution in [2.24, 2.45) is 5.14 Å². The quantitative estimate of drug-likeness (QED) is 0.417. The van der Waals surface area contributed by atoms with Crippen molar-refractivity contribution >= 4 is 76.0 Å². The molecular formula is C16H13Cl2N3O6S4. The third-order valence-corrected chi connectivity index (χ3v) is 9.51. The summed E-state index contributed by atoms with van der Waals surface area (Å²) < 4.78 is 78.3. The molecule has 15 heteroatoms. The van der Waals surface area contributed by atoms with Crippen LogP contribution in [0.3, 0.4) is 0 Å². The molecule has 0 saturated heterocycles. The van der Waals surface area contributed by atoms with Gasteiger partial charge in [0.05, 0.1) is 31.2 Å². The molecule has 0 radical (unpaired) electrons. The van der Waals surface area contributed by atoms with Crippen molar-refractivity contribution in [1.29, 1.82) is 0 Å². The van der Waals surface area contributed by atoms with Gasteiger partial charge in [0.25, 0.3) is 20.0 Å². The maximum atomic E-state index is 12.8. The van der Waals surface area contributed by atoms with E-state index in [1.54, 1.807) is 5.38 Å². The molecular weight excluding hydrogens is 529 g/mol. The van der Waals surface area contributed by atoms with Crippen LogP contribution in [0.25, 0.3) is 0 Å². The number of nitrogens with one attached hydrogen (secondary N) is 2. The van der Waals surface area contributed by atoms with Crippen LogP contribution in [-0.4, -0.2) is 25.3 Å². The summed E-state index contributed by atoms with van der Waals surface area (Å²) in [6, 6.07) is 9.51. The van der Waals surface area contributed by atoms with E-state index in [2.05, 4.69) is 9.44 Å². The van der Waals surface area contributed by atoms with Gasteiger partial charge in [0.1, 0.15) is 4.21 Å². The number of thiophene rings is 1. The topological polar surface area (TPSA) is 152 Å². The first kappa shape index (κ1) is 23.8. The molecule has 2 aromatic carbocycles. The lowest BCUT2D eigenvalue weighted by Gasteiger charge is -2.15. The molecule has 0 aliphatic rings. The van der Waals surface area contributed by atoms with Gasteiger partial charge in [0.15, 0.2) is 0 Å². The predicted molar refractivity (Wildman–Crippen MR) is 120 cm³/mol. The van der Waals surface area contributed by atoms with Crippen molar-refractivity contribution in [3.05, 3.63) is 64.0 Å². The molecule has 3 rings (SSSR count). The Bertz CT molecular complexity index is 1450. The van der Waals surface area contributed by atoms with Crippen molar-refractivity contribution in [3.8, 4) is 0 Å². The third kappa shape index (κ3) is 5.49. The molecule has 0 aliphatic heterocycles. The second-order valence-corrected chi connectivity index (χ2v) is 12.9. The second-order valence-electron chi connectivity index (χ2n) is 5.97. The van der Waals surface area contributed by atoms with Crippen LogP contribution >= 0.6 is 34.5 Å². The molecule has 0 amide bonds. The Morgan fingerprint density at radius 3 is 1.81 bits per heavy atom. The van der Waals surface area contributed by atoms with E-state index in [1.165, 1.54) is 18.2 Å². The van der Waals surface area contributed by atoms with Gasteiger partial charge < -0.3 is 0 Å². The Morgan fingerprint density at radius 1 is 0.742 bits per heavy atom. The maximum absolute atomic E-state index is 12.8. The van der Waals surface area contributed by atoms with Crippen molar-refractivity contribution in [1.82, 2.24) is 0 Å². The standard InChI is InChI=1S/C16H13Cl2N3O6S4/c17-12-8-14(15(9-13(12)18)21-31(26,27)16-5-2-6-28-16)20-30(24,25)11-4-1-3-10(7-11)29(19,22)23/h1-9,20-21H,(H2,19,22,23). The summed E-state index contributed by atoms with van der Waals surface area (Å²) in [5.41, 5.74) is -0.412. The van der Waals surface area contributed by atoms with Crippen LogP contribution in [0.15, 0.2) is 67.9 Å². The molecule has 166 valence electrons. The Morgan fingerprint density at radius 2 is 1.29 bits per heavy atom. The Hall–Kier alpha value is -1.87. The maximum Gasteiger partial charge on any atom is 0.271 e. The average Bonchev–Trinajstić information content (AvgIpc) is 3.21. The summed E-state index contributed by atoms with van der Waals surface area (Å²) in [6.45, 7) is 0. The van der Waals surface area contributed by atoms with E-state index in [0.29, 0.717) is 0 Å². The average molecular weight is 542 g/mol. The lowest BCUT2D eigenvalue weighted by Crippen LogP contribution is -2.18. The van der Waals surface area contributed by atoms with E-state index in [1.807, 2.05) is 0 Å². The summed E-state index contributed by atoms with van der Waals surface area (Å²) in [6.07, 6.45) is 0. The van der Waals surface area contributed by atoms with Crippen LogP contribution in [0.5, 0.6) is 0 Å². The minimum absolute atomic E-state index is 0.00627. The van der Waals surface area contributed by atoms with Gasteiger partial charge in [-0.25, -0.2) is 30.4 Å². The number of nitrogens with two attached hydrogens (primary N) is 1. The van der Waals surface area contributed by atoms with Crippen LogP contribution in [0.2, 0.25) is 10.0 Å². The molecule has 31 heavy (non-hydrogen) atoms. The summed E-state index contributed by atoms with van der Waals surface area (Å²) in [5, 5.41) is 6.54. The Kier molecular flexibility index (Phi) is 6.58. The summed E-state index contributed by atoms with van der Waals surface area (Å²) in [4.78, 5) is -0.833. The first-order chi connectivity index (χ1) is 14.3. The van der Waals surface area contributed by atoms with E-state index in [0.717, 1.165) is 41.7 Å². The normalized spacial score (nSPS) is 12.5. The SMILES string of the molecule is NS(=O)(=O)c1cccc(S(=O)(=O)Nc2cc(Cl)c(Cl)cc2NS(=O)(=O)c2cccs2)c1. The number of rotatable bonds is 7. The lowest BCUT2D eigenvalue weighted by atomic mass is 10.3. The van der Waals surface area contributed by atoms with Gasteiger partial charge in [0.2, 0.25) is 10.0 Å². The zero-order valence-corrected chi connectivity index (χ0v) is 19.9. The summed E-state index contributed by atoms with van der Waals surface area (Å²) in [7, 11) is -12.5. The fourth-order valence-electron chi connectivity index (χ4n) is 2.35. The highest BCUT2D eigenvalue weighted by Gasteiger charge is 2.23. The molecule has 0 fully saturated rings. The third-order valence-electron chi connectivity index (χ3n) is 3.75. The second kappa shape index (κ2) is 8.58. The minimum Gasteiger partial charge on any atom is -0.277 e. The molecule has 1 aromatic heterocycles. The highest BCUT2D eigenvalue weighted by atomic mass is 35.5. The number of halogens is 2. The molecule has 9 nitrogen and oxygen atoms in total. The van der Waals surface area contributed by atoms with Crippen LogP contribution in [0.4, 0.5) is 11.4 Å². The van der Waals surface area contributed by atoms with E-state index >= 15 is 0 Å². The molecule has 4 N–H and O–H groups in total. The van der Waals surface area contributed by atoms with Gasteiger partial charge in [-0.1, -0.05) is 35.3 Å². The largest absolute Gasteiger partial charge is 0.277 e. The molecule has 0 saturated carbocycles. The van der Waals surface area contributed by atoms with Crippen LogP contribution < -0.4 is 14.6 Å². The molecule has 0 atom stereocenters. The van der Waals surface area contributed by atoms with Crippen LogP contribution in [0, 0.1) is 0 Å². The number of primary sulfonamides is 1. The predicted octanol–water partition coefficient (Wildman–Crippen LogP) is 3.30. The number of anilines is 2. The summed E-state index contributed by atoms with van der Waals surface area (Å²) in [5.74, 6) is 0. The van der Waals surface area contributed by atoms with Crippen molar-refractivity contribution < 1.29 is 25.3 Å². The van der Waals surface area contributed by atoms with E-state index in [-0.39, 0.29) is 25.6 Å². The fourth-order valence-corrected chi connectivity index (χ4v) is 6.49. The monoisotopic (exact) mass is 541 g/mol. The van der Waals surface area contributed by atoms with Crippen molar-refractivity contribution in [2.45, 2.75) is 14.0 Å². The first-order valence-corrected chi connectivity index (χ1v) is 14.2. The van der Waals surface area contributed by atoms with E-state index in [9.17, 15) is 25.3 Å². The highest BCUT2D eigenvalue weighted by molar-refractivity contribution is 7.94. The van der Waals surface area contributed by atoms with Gasteiger partial charge in [-0.05, 0) is 41.8 Å². The molecule has 0 spiro atoms. The number of sulfonamides is 3. The number of hydrogen-bond donors (Lipinski definition) is 3. The van der Waals surface area contributed by atoms with Gasteiger partial charge >= 0.3 is 0 Å². The van der Waals surface area contributed by atoms with E-state index in [4.69, 9.17) is 28.3 Å². The first-order valence-electron chi connectivity index (χ1n) is 8.01. The molecule has 1 heterocycles. The van der Waals surface area contributed by atoms with Crippen molar-refractivity contribution in [2.75, 3.05) is 9.44 Å². The number of benzene rings is 2. The lowest BCUT2D eigenvalue weighted by molar-refractivity contribution is 0.596. The van der Waals surface area contributed by atoms with Gasteiger partial charge in [-0.3, -0.25) is 9.44 Å². The summed E-state index contributed by atoms with van der Waals surface area (Å²) >= 11 is 12.9.